The number of carbonyl (C=O) groups is 1. The molecule has 0 amide bonds. The van der Waals surface area contributed by atoms with Gasteiger partial charge in [0.05, 0.1) is 0 Å². The molecule has 4 nitrogen and oxygen atoms in total. The third-order valence-corrected chi connectivity index (χ3v) is 5.63. The van der Waals surface area contributed by atoms with Gasteiger partial charge in [0.15, 0.2) is 5.78 Å². The second-order valence-electron chi connectivity index (χ2n) is 7.36. The fourth-order valence-corrected chi connectivity index (χ4v) is 4.22. The number of phenolic OH excluding ortho intramolecular Hbond substituents is 3. The molecule has 3 rings (SSSR count). The van der Waals surface area contributed by atoms with Crippen molar-refractivity contribution in [1.29, 1.82) is 0 Å². The monoisotopic (exact) mass is 378 g/mol. The van der Waals surface area contributed by atoms with Crippen LogP contribution in [0.2, 0.25) is 0 Å². The van der Waals surface area contributed by atoms with E-state index in [2.05, 4.69) is 6.08 Å². The van der Waals surface area contributed by atoms with E-state index in [0.29, 0.717) is 6.42 Å². The van der Waals surface area contributed by atoms with E-state index in [4.69, 9.17) is 0 Å². The summed E-state index contributed by atoms with van der Waals surface area (Å²) in [6.07, 6.45) is 7.63. The van der Waals surface area contributed by atoms with Gasteiger partial charge < -0.3 is 15.3 Å². The smallest absolute Gasteiger partial charge is 0.174 e. The van der Waals surface area contributed by atoms with Crippen LogP contribution in [-0.4, -0.2) is 21.1 Å². The number of phenols is 3. The highest BCUT2D eigenvalue weighted by Crippen LogP contribution is 2.46. The van der Waals surface area contributed by atoms with Gasteiger partial charge in [0.2, 0.25) is 0 Å². The third kappa shape index (κ3) is 3.81. The standard InChI is InChI=1S/C24H26O4/c1-3-4-10-18-15(2)11-12-19(16-8-6-5-7-9-16)22(18)24(28)23-20(26)13-17(25)14-21(23)27/h3-9,11,13-14,18-19,22,25-27H,10,12H2,1-2H3/b4-3+/t18-,19+,22-/m1/s1. The maximum Gasteiger partial charge on any atom is 0.174 e. The minimum Gasteiger partial charge on any atom is -0.508 e. The van der Waals surface area contributed by atoms with Gasteiger partial charge in [-0.1, -0.05) is 54.1 Å². The molecule has 0 spiro atoms. The second kappa shape index (κ2) is 8.34. The average molecular weight is 378 g/mol. The van der Waals surface area contributed by atoms with Gasteiger partial charge in [0.25, 0.3) is 0 Å². The fourth-order valence-electron chi connectivity index (χ4n) is 4.22. The molecule has 1 aliphatic carbocycles. The summed E-state index contributed by atoms with van der Waals surface area (Å²) >= 11 is 0. The maximum absolute atomic E-state index is 13.6. The first-order valence-corrected chi connectivity index (χ1v) is 9.56. The Labute approximate surface area is 165 Å². The Balaban J connectivity index is 2.12. The first-order chi connectivity index (χ1) is 13.4. The van der Waals surface area contributed by atoms with Crippen molar-refractivity contribution in [2.45, 2.75) is 32.6 Å². The Kier molecular flexibility index (Phi) is 5.88. The summed E-state index contributed by atoms with van der Waals surface area (Å²) in [6, 6.07) is 12.1. The van der Waals surface area contributed by atoms with E-state index in [1.165, 1.54) is 0 Å². The van der Waals surface area contributed by atoms with E-state index in [-0.39, 0.29) is 28.9 Å². The fraction of sp³-hybridized carbons (Fsp3) is 0.292. The predicted molar refractivity (Wildman–Crippen MR) is 110 cm³/mol. The van der Waals surface area contributed by atoms with E-state index in [9.17, 15) is 20.1 Å². The van der Waals surface area contributed by atoms with E-state index >= 15 is 0 Å². The van der Waals surface area contributed by atoms with Crippen LogP contribution in [0.3, 0.4) is 0 Å². The number of carbonyl (C=O) groups excluding carboxylic acids is 1. The van der Waals surface area contributed by atoms with E-state index in [1.54, 1.807) is 0 Å². The number of Topliss-reactive ketones (excluding diaryl/α,β-unsaturated/α-hetero) is 1. The molecule has 3 N–H and O–H groups in total. The minimum atomic E-state index is -0.426. The number of hydrogen-bond donors (Lipinski definition) is 3. The number of benzene rings is 2. The van der Waals surface area contributed by atoms with E-state index in [1.807, 2.05) is 56.3 Å². The van der Waals surface area contributed by atoms with Crippen molar-refractivity contribution in [3.63, 3.8) is 0 Å². The Morgan fingerprint density at radius 3 is 2.36 bits per heavy atom. The van der Waals surface area contributed by atoms with E-state index in [0.717, 1.165) is 29.7 Å². The first-order valence-electron chi connectivity index (χ1n) is 9.56. The van der Waals surface area contributed by atoms with Gasteiger partial charge in [-0.2, -0.15) is 0 Å². The zero-order valence-electron chi connectivity index (χ0n) is 16.2. The molecule has 0 unspecified atom stereocenters. The lowest BCUT2D eigenvalue weighted by Crippen LogP contribution is -2.33. The Morgan fingerprint density at radius 1 is 1.11 bits per heavy atom. The van der Waals surface area contributed by atoms with Crippen molar-refractivity contribution in [1.82, 2.24) is 0 Å². The molecule has 0 saturated carbocycles. The van der Waals surface area contributed by atoms with Gasteiger partial charge in [0, 0.05) is 18.1 Å². The molecule has 0 saturated heterocycles. The highest BCUT2D eigenvalue weighted by Gasteiger charge is 2.40. The lowest BCUT2D eigenvalue weighted by atomic mass is 9.65. The molecule has 0 radical (unpaired) electrons. The van der Waals surface area contributed by atoms with Crippen molar-refractivity contribution in [3.8, 4) is 17.2 Å². The largest absolute Gasteiger partial charge is 0.508 e. The van der Waals surface area contributed by atoms with Crippen LogP contribution < -0.4 is 0 Å². The average Bonchev–Trinajstić information content (AvgIpc) is 2.66. The van der Waals surface area contributed by atoms with Gasteiger partial charge in [-0.05, 0) is 44.1 Å². The topological polar surface area (TPSA) is 77.8 Å². The molecule has 146 valence electrons. The molecule has 0 fully saturated rings. The van der Waals surface area contributed by atoms with Crippen LogP contribution >= 0.6 is 0 Å². The van der Waals surface area contributed by atoms with Crippen LogP contribution in [0.1, 0.15) is 48.5 Å². The first kappa shape index (κ1) is 19.7. The molecule has 0 aliphatic heterocycles. The summed E-state index contributed by atoms with van der Waals surface area (Å²) in [7, 11) is 0. The molecule has 1 aliphatic rings. The molecule has 28 heavy (non-hydrogen) atoms. The van der Waals surface area contributed by atoms with Gasteiger partial charge >= 0.3 is 0 Å². The number of hydrogen-bond acceptors (Lipinski definition) is 4. The summed E-state index contributed by atoms with van der Waals surface area (Å²) in [6.45, 7) is 3.98. The van der Waals surface area contributed by atoms with Gasteiger partial charge in [-0.25, -0.2) is 0 Å². The van der Waals surface area contributed by atoms with Crippen LogP contribution in [0.25, 0.3) is 0 Å². The lowest BCUT2D eigenvalue weighted by Gasteiger charge is -2.37. The van der Waals surface area contributed by atoms with Crippen molar-refractivity contribution >= 4 is 5.78 Å². The van der Waals surface area contributed by atoms with Gasteiger partial charge in [0.1, 0.15) is 22.8 Å². The highest BCUT2D eigenvalue weighted by molar-refractivity contribution is 6.03. The number of ketones is 1. The van der Waals surface area contributed by atoms with Crippen LogP contribution in [0, 0.1) is 11.8 Å². The quantitative estimate of drug-likeness (QED) is 0.486. The predicted octanol–water partition coefficient (Wildman–Crippen LogP) is 5.32. The van der Waals surface area contributed by atoms with Crippen LogP contribution in [0.15, 0.2) is 66.3 Å². The molecule has 2 aromatic carbocycles. The van der Waals surface area contributed by atoms with Gasteiger partial charge in [-0.3, -0.25) is 4.79 Å². The van der Waals surface area contributed by atoms with E-state index < -0.39 is 17.4 Å². The summed E-state index contributed by atoms with van der Waals surface area (Å²) in [4.78, 5) is 13.6. The normalized spacial score (nSPS) is 22.2. The summed E-state index contributed by atoms with van der Waals surface area (Å²) in [5, 5.41) is 30.2. The number of rotatable bonds is 5. The Morgan fingerprint density at radius 2 is 1.75 bits per heavy atom. The molecule has 4 heteroatoms. The molecule has 2 aromatic rings. The zero-order chi connectivity index (χ0) is 20.3. The Bertz CT molecular complexity index is 888. The molecule has 0 aromatic heterocycles. The summed E-state index contributed by atoms with van der Waals surface area (Å²) in [5.41, 5.74) is 2.08. The highest BCUT2D eigenvalue weighted by atomic mass is 16.3. The molecular formula is C24H26O4. The van der Waals surface area contributed by atoms with Crippen molar-refractivity contribution < 1.29 is 20.1 Å². The summed E-state index contributed by atoms with van der Waals surface area (Å²) < 4.78 is 0. The third-order valence-electron chi connectivity index (χ3n) is 5.63. The minimum absolute atomic E-state index is 0.0322. The van der Waals surface area contributed by atoms with Crippen molar-refractivity contribution in [3.05, 3.63) is 77.4 Å². The SMILES string of the molecule is C/C=C/C[C@@H]1C(C)=CC[C@@H](c2ccccc2)[C@@H]1C(=O)c1c(O)cc(O)cc1O. The number of aromatic hydroxyl groups is 3. The molecule has 0 bridgehead atoms. The zero-order valence-corrected chi connectivity index (χ0v) is 16.2. The van der Waals surface area contributed by atoms with Crippen LogP contribution in [0.5, 0.6) is 17.2 Å². The molecule has 3 atom stereocenters. The van der Waals surface area contributed by atoms with Gasteiger partial charge in [-0.15, -0.1) is 0 Å². The van der Waals surface area contributed by atoms with Crippen LogP contribution in [-0.2, 0) is 0 Å². The second-order valence-corrected chi connectivity index (χ2v) is 7.36. The number of allylic oxidation sites excluding steroid dienone is 4. The summed E-state index contributed by atoms with van der Waals surface area (Å²) in [5.74, 6) is -1.89. The van der Waals surface area contributed by atoms with Crippen molar-refractivity contribution in [2.75, 3.05) is 0 Å². The molecule has 0 heterocycles. The van der Waals surface area contributed by atoms with Crippen molar-refractivity contribution in [2.24, 2.45) is 11.8 Å². The lowest BCUT2D eigenvalue weighted by molar-refractivity contribution is 0.0844. The maximum atomic E-state index is 13.6. The Hall–Kier alpha value is -3.01. The molecular weight excluding hydrogens is 352 g/mol. The van der Waals surface area contributed by atoms with Crippen LogP contribution in [0.4, 0.5) is 0 Å².